The summed E-state index contributed by atoms with van der Waals surface area (Å²) in [5.41, 5.74) is -1.10. The van der Waals surface area contributed by atoms with Gasteiger partial charge in [0.05, 0.1) is 6.10 Å². The predicted octanol–water partition coefficient (Wildman–Crippen LogP) is 2.03. The minimum atomic E-state index is -1.10. The van der Waals surface area contributed by atoms with Gasteiger partial charge in [0.2, 0.25) is 0 Å². The molecule has 0 aromatic heterocycles. The topological polar surface area (TPSA) is 87.7 Å². The van der Waals surface area contributed by atoms with Gasteiger partial charge >= 0.3 is 12.0 Å². The maximum atomic E-state index is 12.2. The third-order valence-electron chi connectivity index (χ3n) is 4.77. The van der Waals surface area contributed by atoms with Gasteiger partial charge in [0, 0.05) is 13.2 Å². The average Bonchev–Trinajstić information content (AvgIpc) is 2.75. The Morgan fingerprint density at radius 2 is 1.81 bits per heavy atom. The number of hydrogen-bond acceptors (Lipinski definition) is 3. The molecule has 2 aliphatic rings. The molecular weight excluding hydrogens is 272 g/mol. The molecule has 0 spiro atoms. The first-order valence-corrected chi connectivity index (χ1v) is 7.90. The molecule has 6 heteroatoms. The molecule has 2 aliphatic carbocycles. The summed E-state index contributed by atoms with van der Waals surface area (Å²) in [7, 11) is 1.68. The first-order chi connectivity index (χ1) is 10.1. The molecular formula is C15H26N2O4. The molecule has 120 valence electrons. The smallest absolute Gasteiger partial charge is 0.329 e. The van der Waals surface area contributed by atoms with Gasteiger partial charge in [-0.1, -0.05) is 25.7 Å². The van der Waals surface area contributed by atoms with Gasteiger partial charge in [-0.05, 0) is 32.1 Å². The number of amides is 2. The van der Waals surface area contributed by atoms with Crippen LogP contribution < -0.4 is 10.6 Å². The third kappa shape index (κ3) is 4.09. The summed E-state index contributed by atoms with van der Waals surface area (Å²) >= 11 is 0. The third-order valence-corrected chi connectivity index (χ3v) is 4.77. The van der Waals surface area contributed by atoms with Gasteiger partial charge in [0.15, 0.2) is 0 Å². The Morgan fingerprint density at radius 3 is 2.33 bits per heavy atom. The van der Waals surface area contributed by atoms with E-state index in [-0.39, 0.29) is 18.2 Å². The van der Waals surface area contributed by atoms with Gasteiger partial charge in [-0.2, -0.15) is 0 Å². The molecule has 2 atom stereocenters. The number of hydrogen-bond donors (Lipinski definition) is 3. The molecule has 2 rings (SSSR count). The van der Waals surface area contributed by atoms with Crippen LogP contribution in [0.2, 0.25) is 0 Å². The van der Waals surface area contributed by atoms with Crippen molar-refractivity contribution in [2.45, 2.75) is 75.5 Å². The molecule has 2 saturated carbocycles. The van der Waals surface area contributed by atoms with Gasteiger partial charge in [-0.25, -0.2) is 9.59 Å². The van der Waals surface area contributed by atoms with Crippen molar-refractivity contribution in [3.05, 3.63) is 0 Å². The molecule has 0 aromatic rings. The molecule has 3 N–H and O–H groups in total. The number of urea groups is 1. The minimum Gasteiger partial charge on any atom is -0.480 e. The standard InChI is InChI=1S/C15H26N2O4/c1-21-12-7-6-11(10-12)16-14(20)17-15(13(18)19)8-4-2-3-5-9-15/h11-12H,2-10H2,1H3,(H,18,19)(H2,16,17,20). The van der Waals surface area contributed by atoms with E-state index in [4.69, 9.17) is 4.74 Å². The number of methoxy groups -OCH3 is 1. The van der Waals surface area contributed by atoms with Gasteiger partial charge < -0.3 is 20.5 Å². The lowest BCUT2D eigenvalue weighted by atomic mass is 9.90. The highest BCUT2D eigenvalue weighted by atomic mass is 16.5. The van der Waals surface area contributed by atoms with Crippen molar-refractivity contribution < 1.29 is 19.4 Å². The van der Waals surface area contributed by atoms with E-state index in [0.717, 1.165) is 44.9 Å². The fraction of sp³-hybridized carbons (Fsp3) is 0.867. The van der Waals surface area contributed by atoms with Crippen LogP contribution in [-0.2, 0) is 9.53 Å². The van der Waals surface area contributed by atoms with Crippen molar-refractivity contribution in [3.63, 3.8) is 0 Å². The zero-order valence-corrected chi connectivity index (χ0v) is 12.7. The van der Waals surface area contributed by atoms with Crippen molar-refractivity contribution in [2.75, 3.05) is 7.11 Å². The maximum Gasteiger partial charge on any atom is 0.329 e. The molecule has 21 heavy (non-hydrogen) atoms. The summed E-state index contributed by atoms with van der Waals surface area (Å²) < 4.78 is 5.28. The quantitative estimate of drug-likeness (QED) is 0.693. The molecule has 0 heterocycles. The van der Waals surface area contributed by atoms with Crippen LogP contribution in [0.25, 0.3) is 0 Å². The van der Waals surface area contributed by atoms with Crippen molar-refractivity contribution in [2.24, 2.45) is 0 Å². The van der Waals surface area contributed by atoms with Crippen LogP contribution in [-0.4, -0.2) is 41.9 Å². The first-order valence-electron chi connectivity index (χ1n) is 7.90. The van der Waals surface area contributed by atoms with Crippen LogP contribution in [0.5, 0.6) is 0 Å². The van der Waals surface area contributed by atoms with E-state index in [1.165, 1.54) is 0 Å². The van der Waals surface area contributed by atoms with Crippen molar-refractivity contribution in [1.29, 1.82) is 0 Å². The molecule has 2 fully saturated rings. The summed E-state index contributed by atoms with van der Waals surface area (Å²) in [4.78, 5) is 23.8. The Labute approximate surface area is 125 Å². The second-order valence-corrected chi connectivity index (χ2v) is 6.27. The molecule has 2 unspecified atom stereocenters. The van der Waals surface area contributed by atoms with E-state index >= 15 is 0 Å². The number of carbonyl (C=O) groups is 2. The number of carboxylic acids is 1. The fourth-order valence-electron chi connectivity index (χ4n) is 3.45. The van der Waals surface area contributed by atoms with Crippen LogP contribution in [0.15, 0.2) is 0 Å². The summed E-state index contributed by atoms with van der Waals surface area (Å²) in [5, 5.41) is 15.2. The average molecular weight is 298 g/mol. The summed E-state index contributed by atoms with van der Waals surface area (Å²) in [5.74, 6) is -0.916. The lowest BCUT2D eigenvalue weighted by molar-refractivity contribution is -0.145. The van der Waals surface area contributed by atoms with Gasteiger partial charge in [0.25, 0.3) is 0 Å². The fourth-order valence-corrected chi connectivity index (χ4v) is 3.45. The van der Waals surface area contributed by atoms with Crippen LogP contribution in [0, 0.1) is 0 Å². The SMILES string of the molecule is COC1CCC(NC(=O)NC2(C(=O)O)CCCCCC2)C1. The monoisotopic (exact) mass is 298 g/mol. The Bertz CT molecular complexity index is 378. The predicted molar refractivity (Wildman–Crippen MR) is 78.2 cm³/mol. The second kappa shape index (κ2) is 7.11. The zero-order valence-electron chi connectivity index (χ0n) is 12.7. The number of carbonyl (C=O) groups excluding carboxylic acids is 1. The molecule has 0 bridgehead atoms. The Hall–Kier alpha value is -1.30. The highest BCUT2D eigenvalue weighted by Gasteiger charge is 2.40. The van der Waals surface area contributed by atoms with Crippen molar-refractivity contribution in [1.82, 2.24) is 10.6 Å². The highest BCUT2D eigenvalue weighted by Crippen LogP contribution is 2.28. The van der Waals surface area contributed by atoms with Gasteiger partial charge in [-0.3, -0.25) is 0 Å². The van der Waals surface area contributed by atoms with Crippen LogP contribution in [0.4, 0.5) is 4.79 Å². The number of nitrogens with one attached hydrogen (secondary N) is 2. The van der Waals surface area contributed by atoms with E-state index < -0.39 is 11.5 Å². The minimum absolute atomic E-state index is 0.0755. The van der Waals surface area contributed by atoms with Crippen molar-refractivity contribution >= 4 is 12.0 Å². The zero-order chi connectivity index (χ0) is 15.3. The largest absolute Gasteiger partial charge is 0.480 e. The molecule has 0 aromatic carbocycles. The van der Waals surface area contributed by atoms with Gasteiger partial charge in [0.1, 0.15) is 5.54 Å². The lowest BCUT2D eigenvalue weighted by Gasteiger charge is -2.30. The molecule has 6 nitrogen and oxygen atoms in total. The number of ether oxygens (including phenoxy) is 1. The van der Waals surface area contributed by atoms with E-state index in [1.807, 2.05) is 0 Å². The Kier molecular flexibility index (Phi) is 5.45. The summed E-state index contributed by atoms with van der Waals surface area (Å²) in [6, 6.07) is -0.285. The van der Waals surface area contributed by atoms with E-state index in [1.54, 1.807) is 7.11 Å². The van der Waals surface area contributed by atoms with E-state index in [0.29, 0.717) is 12.8 Å². The summed E-state index contributed by atoms with van der Waals surface area (Å²) in [6.45, 7) is 0. The molecule has 0 aliphatic heterocycles. The highest BCUT2D eigenvalue weighted by molar-refractivity contribution is 5.86. The van der Waals surface area contributed by atoms with Gasteiger partial charge in [-0.15, -0.1) is 0 Å². The van der Waals surface area contributed by atoms with E-state index in [9.17, 15) is 14.7 Å². The molecule has 2 amide bonds. The number of rotatable bonds is 4. The van der Waals surface area contributed by atoms with Crippen LogP contribution in [0.1, 0.15) is 57.8 Å². The Balaban J connectivity index is 1.91. The normalized spacial score (nSPS) is 28.6. The number of carboxylic acid groups (broad SMARTS) is 1. The van der Waals surface area contributed by atoms with E-state index in [2.05, 4.69) is 10.6 Å². The molecule has 0 radical (unpaired) electrons. The maximum absolute atomic E-state index is 12.2. The van der Waals surface area contributed by atoms with Crippen LogP contribution in [0.3, 0.4) is 0 Å². The number of aliphatic carboxylic acids is 1. The van der Waals surface area contributed by atoms with Crippen molar-refractivity contribution in [3.8, 4) is 0 Å². The lowest BCUT2D eigenvalue weighted by Crippen LogP contribution is -2.58. The first kappa shape index (κ1) is 16.1. The van der Waals surface area contributed by atoms with Crippen LogP contribution >= 0.6 is 0 Å². The Morgan fingerprint density at radius 1 is 1.14 bits per heavy atom. The molecule has 0 saturated heterocycles. The summed E-state index contributed by atoms with van der Waals surface area (Å²) in [6.07, 6.45) is 7.61. The second-order valence-electron chi connectivity index (χ2n) is 6.27.